The first-order valence-electron chi connectivity index (χ1n) is 9.01. The number of nitro groups is 1. The molecule has 0 fully saturated rings. The van der Waals surface area contributed by atoms with E-state index < -0.39 is 29.0 Å². The number of hydrogen-bond acceptors (Lipinski definition) is 4. The van der Waals surface area contributed by atoms with Gasteiger partial charge in [-0.15, -0.1) is 0 Å². The normalized spacial score (nSPS) is 11.2. The average molecular weight is 520 g/mol. The van der Waals surface area contributed by atoms with Gasteiger partial charge in [0.05, 0.1) is 32.0 Å². The molecule has 1 N–H and O–H groups in total. The highest BCUT2D eigenvalue weighted by atomic mass is 35.5. The highest BCUT2D eigenvalue weighted by molar-refractivity contribution is 6.42. The van der Waals surface area contributed by atoms with Crippen LogP contribution in [0.2, 0.25) is 15.1 Å². The molecule has 0 atom stereocenters. The average Bonchev–Trinajstić information content (AvgIpc) is 2.71. The van der Waals surface area contributed by atoms with Gasteiger partial charge < -0.3 is 10.1 Å². The number of amides is 1. The molecule has 6 nitrogen and oxygen atoms in total. The van der Waals surface area contributed by atoms with Crippen molar-refractivity contribution in [2.24, 2.45) is 0 Å². The van der Waals surface area contributed by atoms with E-state index in [1.54, 1.807) is 0 Å². The molecule has 0 aliphatic heterocycles. The lowest BCUT2D eigenvalue weighted by molar-refractivity contribution is -0.385. The quantitative estimate of drug-likeness (QED) is 0.269. The van der Waals surface area contributed by atoms with E-state index in [1.807, 2.05) is 0 Å². The molecule has 3 aromatic carbocycles. The molecule has 0 radical (unpaired) electrons. The topological polar surface area (TPSA) is 81.5 Å². The molecule has 3 aromatic rings. The van der Waals surface area contributed by atoms with Gasteiger partial charge in [0.1, 0.15) is 11.5 Å². The number of benzene rings is 3. The first-order chi connectivity index (χ1) is 15.4. The molecule has 0 aliphatic carbocycles. The number of carbonyl (C=O) groups is 1. The van der Waals surface area contributed by atoms with Gasteiger partial charge in [-0.3, -0.25) is 14.9 Å². The van der Waals surface area contributed by atoms with Crippen LogP contribution in [0, 0.1) is 10.1 Å². The molecule has 0 heterocycles. The molecule has 0 spiro atoms. The van der Waals surface area contributed by atoms with E-state index in [1.165, 1.54) is 30.3 Å². The van der Waals surface area contributed by atoms with E-state index in [0.29, 0.717) is 11.8 Å². The summed E-state index contributed by atoms with van der Waals surface area (Å²) in [5, 5.41) is 14.1. The maximum absolute atomic E-state index is 12.8. The van der Waals surface area contributed by atoms with E-state index >= 15 is 0 Å². The first kappa shape index (κ1) is 24.6. The second-order valence-electron chi connectivity index (χ2n) is 6.65. The van der Waals surface area contributed by atoms with Crippen LogP contribution in [-0.4, -0.2) is 10.8 Å². The third-order valence-electron chi connectivity index (χ3n) is 4.29. The van der Waals surface area contributed by atoms with Crippen molar-refractivity contribution in [1.82, 2.24) is 0 Å². The Labute approximate surface area is 200 Å². The standard InChI is InChI=1S/C21H12Cl3F3N2O4/c22-15-4-2-13(10-16(15)23)28-20(30)8-11-7-14(3-5-18(11)29(31)32)33-19-6-1-12(9-17(19)24)21(25,26)27/h1-7,9-10H,8H2,(H,28,30). The number of nitrogens with one attached hydrogen (secondary N) is 1. The van der Waals surface area contributed by atoms with Crippen LogP contribution in [0.3, 0.4) is 0 Å². The zero-order chi connectivity index (χ0) is 24.3. The molecular formula is C21H12Cl3F3N2O4. The fourth-order valence-electron chi connectivity index (χ4n) is 2.78. The molecule has 3 rings (SSSR count). The largest absolute Gasteiger partial charge is 0.456 e. The van der Waals surface area contributed by atoms with Gasteiger partial charge in [-0.25, -0.2) is 0 Å². The fraction of sp³-hybridized carbons (Fsp3) is 0.0952. The molecule has 0 aliphatic rings. The second-order valence-corrected chi connectivity index (χ2v) is 7.87. The van der Waals surface area contributed by atoms with Crippen LogP contribution in [0.1, 0.15) is 11.1 Å². The smallest absolute Gasteiger partial charge is 0.416 e. The number of halogens is 6. The summed E-state index contributed by atoms with van der Waals surface area (Å²) in [6.45, 7) is 0. The Kier molecular flexibility index (Phi) is 7.36. The third kappa shape index (κ3) is 6.28. The highest BCUT2D eigenvalue weighted by Gasteiger charge is 2.31. The van der Waals surface area contributed by atoms with Crippen LogP contribution < -0.4 is 10.1 Å². The number of anilines is 1. The van der Waals surface area contributed by atoms with Crippen molar-refractivity contribution in [3.63, 3.8) is 0 Å². The summed E-state index contributed by atoms with van der Waals surface area (Å²) < 4.78 is 43.9. The number of carbonyl (C=O) groups excluding carboxylic acids is 1. The lowest BCUT2D eigenvalue weighted by Gasteiger charge is -2.12. The van der Waals surface area contributed by atoms with Crippen molar-refractivity contribution in [1.29, 1.82) is 0 Å². The molecule has 172 valence electrons. The van der Waals surface area contributed by atoms with Gasteiger partial charge in [0, 0.05) is 17.3 Å². The SMILES string of the molecule is O=C(Cc1cc(Oc2ccc(C(F)(F)F)cc2Cl)ccc1[N+](=O)[O-])Nc1ccc(Cl)c(Cl)c1. The number of rotatable bonds is 6. The lowest BCUT2D eigenvalue weighted by atomic mass is 10.1. The summed E-state index contributed by atoms with van der Waals surface area (Å²) in [6, 6.07) is 10.5. The molecule has 0 unspecified atom stereocenters. The monoisotopic (exact) mass is 518 g/mol. The zero-order valence-electron chi connectivity index (χ0n) is 16.3. The van der Waals surface area contributed by atoms with Gasteiger partial charge in [0.15, 0.2) is 0 Å². The van der Waals surface area contributed by atoms with Crippen molar-refractivity contribution in [3.8, 4) is 11.5 Å². The molecule has 0 saturated heterocycles. The molecule has 0 aromatic heterocycles. The summed E-state index contributed by atoms with van der Waals surface area (Å²) in [6.07, 6.45) is -4.97. The predicted octanol–water partition coefficient (Wildman–Crippen LogP) is 7.55. The van der Waals surface area contributed by atoms with Crippen LogP contribution in [0.15, 0.2) is 54.6 Å². The summed E-state index contributed by atoms with van der Waals surface area (Å²) in [5.74, 6) is -0.634. The first-order valence-corrected chi connectivity index (χ1v) is 10.1. The number of alkyl halides is 3. The summed E-state index contributed by atoms with van der Waals surface area (Å²) >= 11 is 17.6. The maximum atomic E-state index is 12.8. The van der Waals surface area contributed by atoms with Crippen LogP contribution >= 0.6 is 34.8 Å². The minimum Gasteiger partial charge on any atom is -0.456 e. The van der Waals surface area contributed by atoms with Crippen LogP contribution in [0.25, 0.3) is 0 Å². The summed E-state index contributed by atoms with van der Waals surface area (Å²) in [7, 11) is 0. The molecule has 0 saturated carbocycles. The Morgan fingerprint density at radius 3 is 2.30 bits per heavy atom. The van der Waals surface area contributed by atoms with E-state index in [4.69, 9.17) is 39.5 Å². The number of nitro benzene ring substituents is 1. The Morgan fingerprint density at radius 1 is 0.970 bits per heavy atom. The number of ether oxygens (including phenoxy) is 1. The highest BCUT2D eigenvalue weighted by Crippen LogP contribution is 2.37. The van der Waals surface area contributed by atoms with Crippen LogP contribution in [0.4, 0.5) is 24.5 Å². The van der Waals surface area contributed by atoms with Gasteiger partial charge >= 0.3 is 6.18 Å². The molecule has 1 amide bonds. The van der Waals surface area contributed by atoms with E-state index in [0.717, 1.165) is 18.2 Å². The Balaban J connectivity index is 1.83. The molecule has 33 heavy (non-hydrogen) atoms. The van der Waals surface area contributed by atoms with E-state index in [2.05, 4.69) is 5.32 Å². The Hall–Kier alpha value is -3.01. The summed E-state index contributed by atoms with van der Waals surface area (Å²) in [5.41, 5.74) is -0.951. The van der Waals surface area contributed by atoms with Crippen LogP contribution in [-0.2, 0) is 17.4 Å². The second kappa shape index (κ2) is 9.86. The van der Waals surface area contributed by atoms with Gasteiger partial charge in [0.25, 0.3) is 5.69 Å². The Morgan fingerprint density at radius 2 is 1.70 bits per heavy atom. The van der Waals surface area contributed by atoms with Gasteiger partial charge in [-0.2, -0.15) is 13.2 Å². The molecule has 12 heteroatoms. The maximum Gasteiger partial charge on any atom is 0.416 e. The van der Waals surface area contributed by atoms with Gasteiger partial charge in [-0.05, 0) is 48.5 Å². The fourth-order valence-corrected chi connectivity index (χ4v) is 3.30. The third-order valence-corrected chi connectivity index (χ3v) is 5.32. The minimum atomic E-state index is -4.58. The molecule has 0 bridgehead atoms. The zero-order valence-corrected chi connectivity index (χ0v) is 18.5. The van der Waals surface area contributed by atoms with E-state index in [9.17, 15) is 28.1 Å². The van der Waals surface area contributed by atoms with Crippen molar-refractivity contribution < 1.29 is 27.6 Å². The van der Waals surface area contributed by atoms with Gasteiger partial charge in [0.2, 0.25) is 5.91 Å². The van der Waals surface area contributed by atoms with Crippen molar-refractivity contribution in [2.45, 2.75) is 12.6 Å². The predicted molar refractivity (Wildman–Crippen MR) is 118 cm³/mol. The number of hydrogen-bond donors (Lipinski definition) is 1. The lowest BCUT2D eigenvalue weighted by Crippen LogP contribution is -2.15. The van der Waals surface area contributed by atoms with Crippen molar-refractivity contribution in [2.75, 3.05) is 5.32 Å². The van der Waals surface area contributed by atoms with Crippen molar-refractivity contribution >= 4 is 52.1 Å². The Bertz CT molecular complexity index is 1240. The molecular weight excluding hydrogens is 508 g/mol. The minimum absolute atomic E-state index is 0.0121. The number of nitrogens with zero attached hydrogens (tertiary/aromatic N) is 1. The van der Waals surface area contributed by atoms with E-state index in [-0.39, 0.29) is 37.8 Å². The van der Waals surface area contributed by atoms with Crippen molar-refractivity contribution in [3.05, 3.63) is 90.9 Å². The van der Waals surface area contributed by atoms with Crippen LogP contribution in [0.5, 0.6) is 11.5 Å². The van der Waals surface area contributed by atoms with Gasteiger partial charge in [-0.1, -0.05) is 34.8 Å². The summed E-state index contributed by atoms with van der Waals surface area (Å²) in [4.78, 5) is 23.1.